The average molecular weight is 165 g/mol. The van der Waals surface area contributed by atoms with Gasteiger partial charge in [-0.3, -0.25) is 0 Å². The van der Waals surface area contributed by atoms with Crippen LogP contribution in [0.4, 0.5) is 0 Å². The summed E-state index contributed by atoms with van der Waals surface area (Å²) in [7, 11) is 0. The summed E-state index contributed by atoms with van der Waals surface area (Å²) < 4.78 is 0. The minimum atomic E-state index is -1.02. The van der Waals surface area contributed by atoms with Gasteiger partial charge in [-0.15, -0.1) is 0 Å². The molecule has 66 valence electrons. The zero-order valence-corrected chi connectivity index (χ0v) is 7.30. The molecule has 0 fully saturated rings. The summed E-state index contributed by atoms with van der Waals surface area (Å²) >= 11 is 0. The normalized spacial score (nSPS) is 23.1. The van der Waals surface area contributed by atoms with Crippen molar-refractivity contribution in [2.24, 2.45) is 5.92 Å². The Labute approximate surface area is 72.6 Å². The molecule has 0 N–H and O–H groups in total. The summed E-state index contributed by atoms with van der Waals surface area (Å²) in [6.07, 6.45) is 4.09. The summed E-state index contributed by atoms with van der Waals surface area (Å²) in [5.74, 6) is -0.553. The average Bonchev–Trinajstić information content (AvgIpc) is 2.04. The number of allylic oxidation sites excluding steroid dienone is 2. The Morgan fingerprint density at radius 1 is 1.75 bits per heavy atom. The zero-order chi connectivity index (χ0) is 9.14. The number of rotatable bonds is 2. The number of hydrogen-bond donors (Lipinski definition) is 0. The fourth-order valence-electron chi connectivity index (χ4n) is 1.47. The van der Waals surface area contributed by atoms with Gasteiger partial charge in [0.2, 0.25) is 0 Å². The summed E-state index contributed by atoms with van der Waals surface area (Å²) in [6.45, 7) is 5.84. The van der Waals surface area contributed by atoms with Crippen LogP contribution in [-0.4, -0.2) is 5.97 Å². The van der Waals surface area contributed by atoms with Gasteiger partial charge in [0.25, 0.3) is 0 Å². The third-order valence-corrected chi connectivity index (χ3v) is 2.37. The van der Waals surface area contributed by atoms with Crippen LogP contribution in [0.15, 0.2) is 23.8 Å². The van der Waals surface area contributed by atoms with Crippen molar-refractivity contribution in [1.29, 1.82) is 0 Å². The predicted octanol–water partition coefficient (Wildman–Crippen LogP) is 1.04. The van der Waals surface area contributed by atoms with Gasteiger partial charge in [0.15, 0.2) is 0 Å². The van der Waals surface area contributed by atoms with E-state index in [1.165, 1.54) is 0 Å². The topological polar surface area (TPSA) is 40.1 Å². The molecule has 0 aliphatic heterocycles. The van der Waals surface area contributed by atoms with Crippen molar-refractivity contribution < 1.29 is 9.90 Å². The molecule has 0 unspecified atom stereocenters. The first-order chi connectivity index (χ1) is 5.61. The highest BCUT2D eigenvalue weighted by molar-refractivity contribution is 5.84. The molecule has 0 aromatic carbocycles. The van der Waals surface area contributed by atoms with Gasteiger partial charge >= 0.3 is 0 Å². The van der Waals surface area contributed by atoms with Gasteiger partial charge in [-0.05, 0) is 37.7 Å². The molecule has 1 rings (SSSR count). The Morgan fingerprint density at radius 2 is 2.42 bits per heavy atom. The second-order valence-electron chi connectivity index (χ2n) is 3.33. The zero-order valence-electron chi connectivity index (χ0n) is 7.30. The number of hydrogen-bond acceptors (Lipinski definition) is 2. The first-order valence-electron chi connectivity index (χ1n) is 4.17. The Kier molecular flexibility index (Phi) is 2.69. The maximum atomic E-state index is 10.4. The monoisotopic (exact) mass is 165 g/mol. The van der Waals surface area contributed by atoms with E-state index < -0.39 is 5.97 Å². The van der Waals surface area contributed by atoms with E-state index in [0.29, 0.717) is 17.9 Å². The van der Waals surface area contributed by atoms with Crippen molar-refractivity contribution in [3.05, 3.63) is 23.8 Å². The molecular weight excluding hydrogens is 152 g/mol. The van der Waals surface area contributed by atoms with Crippen LogP contribution < -0.4 is 5.11 Å². The second-order valence-corrected chi connectivity index (χ2v) is 3.33. The molecule has 0 aromatic heterocycles. The van der Waals surface area contributed by atoms with Crippen LogP contribution in [0.2, 0.25) is 0 Å². The molecule has 0 saturated heterocycles. The lowest BCUT2D eigenvalue weighted by Gasteiger charge is -2.22. The van der Waals surface area contributed by atoms with Crippen molar-refractivity contribution >= 4 is 5.97 Å². The number of carboxylic acid groups (broad SMARTS) is 1. The fraction of sp³-hybridized carbons (Fsp3) is 0.500. The molecule has 12 heavy (non-hydrogen) atoms. The van der Waals surface area contributed by atoms with E-state index in [0.717, 1.165) is 18.4 Å². The van der Waals surface area contributed by atoms with Crippen LogP contribution in [0.25, 0.3) is 0 Å². The SMILES string of the molecule is C=C(C)[C@H]1CC=C(C(=O)[O-])CC1. The van der Waals surface area contributed by atoms with E-state index in [-0.39, 0.29) is 0 Å². The Hall–Kier alpha value is -1.05. The van der Waals surface area contributed by atoms with Crippen molar-refractivity contribution in [3.8, 4) is 0 Å². The fourth-order valence-corrected chi connectivity index (χ4v) is 1.47. The maximum absolute atomic E-state index is 10.4. The summed E-state index contributed by atoms with van der Waals surface area (Å²) in [5, 5.41) is 10.4. The molecular formula is C10H13O2-. The van der Waals surface area contributed by atoms with Crippen molar-refractivity contribution in [1.82, 2.24) is 0 Å². The van der Waals surface area contributed by atoms with Crippen LogP contribution >= 0.6 is 0 Å². The van der Waals surface area contributed by atoms with E-state index in [9.17, 15) is 9.90 Å². The number of aliphatic carboxylic acids is 1. The standard InChI is InChI=1S/C10H14O2/c1-7(2)8-3-5-9(6-4-8)10(11)12/h5,8H,1,3-4,6H2,2H3,(H,11,12)/p-1/t8-/m0/s1. The van der Waals surface area contributed by atoms with Gasteiger partial charge in [0.1, 0.15) is 0 Å². The molecule has 0 aromatic rings. The minimum Gasteiger partial charge on any atom is -0.545 e. The van der Waals surface area contributed by atoms with Crippen molar-refractivity contribution in [2.45, 2.75) is 26.2 Å². The van der Waals surface area contributed by atoms with E-state index >= 15 is 0 Å². The molecule has 0 heterocycles. The van der Waals surface area contributed by atoms with Gasteiger partial charge in [-0.2, -0.15) is 0 Å². The Morgan fingerprint density at radius 3 is 2.75 bits per heavy atom. The van der Waals surface area contributed by atoms with E-state index in [2.05, 4.69) is 6.58 Å². The van der Waals surface area contributed by atoms with Crippen LogP contribution in [-0.2, 0) is 4.79 Å². The molecule has 1 aliphatic carbocycles. The van der Waals surface area contributed by atoms with Crippen LogP contribution in [0.3, 0.4) is 0 Å². The lowest BCUT2D eigenvalue weighted by atomic mass is 9.86. The van der Waals surface area contributed by atoms with Gasteiger partial charge in [-0.1, -0.05) is 18.2 Å². The lowest BCUT2D eigenvalue weighted by Crippen LogP contribution is -2.26. The quantitative estimate of drug-likeness (QED) is 0.573. The van der Waals surface area contributed by atoms with Crippen LogP contribution in [0, 0.1) is 5.92 Å². The second kappa shape index (κ2) is 3.57. The van der Waals surface area contributed by atoms with E-state index in [4.69, 9.17) is 0 Å². The maximum Gasteiger partial charge on any atom is 0.0671 e. The summed E-state index contributed by atoms with van der Waals surface area (Å²) in [4.78, 5) is 10.4. The molecule has 2 nitrogen and oxygen atoms in total. The first-order valence-corrected chi connectivity index (χ1v) is 4.17. The molecule has 1 atom stereocenters. The minimum absolute atomic E-state index is 0.451. The third kappa shape index (κ3) is 1.97. The van der Waals surface area contributed by atoms with Gasteiger partial charge in [0, 0.05) is 0 Å². The molecule has 1 aliphatic rings. The van der Waals surface area contributed by atoms with Gasteiger partial charge in [0.05, 0.1) is 5.97 Å². The Balaban J connectivity index is 2.59. The van der Waals surface area contributed by atoms with Crippen LogP contribution in [0.1, 0.15) is 26.2 Å². The molecule has 0 amide bonds. The predicted molar refractivity (Wildman–Crippen MR) is 45.2 cm³/mol. The van der Waals surface area contributed by atoms with Gasteiger partial charge in [-0.25, -0.2) is 0 Å². The number of carbonyl (C=O) groups is 1. The molecule has 0 spiro atoms. The highest BCUT2D eigenvalue weighted by atomic mass is 16.4. The lowest BCUT2D eigenvalue weighted by molar-refractivity contribution is -0.299. The molecule has 0 bridgehead atoms. The first kappa shape index (κ1) is 9.04. The highest BCUT2D eigenvalue weighted by Crippen LogP contribution is 2.27. The summed E-state index contributed by atoms with van der Waals surface area (Å²) in [5.41, 5.74) is 1.59. The number of carbonyl (C=O) groups excluding carboxylic acids is 1. The summed E-state index contributed by atoms with van der Waals surface area (Å²) in [6, 6.07) is 0. The smallest absolute Gasteiger partial charge is 0.0671 e. The van der Waals surface area contributed by atoms with Crippen molar-refractivity contribution in [3.63, 3.8) is 0 Å². The number of carboxylic acids is 1. The molecule has 0 saturated carbocycles. The highest BCUT2D eigenvalue weighted by Gasteiger charge is 2.14. The largest absolute Gasteiger partial charge is 0.545 e. The molecule has 0 radical (unpaired) electrons. The Bertz CT molecular complexity index is 238. The van der Waals surface area contributed by atoms with Gasteiger partial charge < -0.3 is 9.90 Å². The van der Waals surface area contributed by atoms with E-state index in [1.54, 1.807) is 6.08 Å². The van der Waals surface area contributed by atoms with E-state index in [1.807, 2.05) is 6.92 Å². The molecule has 2 heteroatoms. The van der Waals surface area contributed by atoms with Crippen molar-refractivity contribution in [2.75, 3.05) is 0 Å². The third-order valence-electron chi connectivity index (χ3n) is 2.37. The van der Waals surface area contributed by atoms with Crippen LogP contribution in [0.5, 0.6) is 0 Å².